The first-order chi connectivity index (χ1) is 19.7. The van der Waals surface area contributed by atoms with E-state index in [1.54, 1.807) is 0 Å². The second kappa shape index (κ2) is 13.9. The van der Waals surface area contributed by atoms with Gasteiger partial charge < -0.3 is 24.8 Å². The lowest BCUT2D eigenvalue weighted by molar-refractivity contribution is -0.0885. The summed E-state index contributed by atoms with van der Waals surface area (Å²) in [5.74, 6) is 0. The number of likely N-dealkylation sites (tertiary alicyclic amines) is 1. The van der Waals surface area contributed by atoms with Crippen LogP contribution in [0.2, 0.25) is 0 Å². The largest absolute Gasteiger partial charge is 0.375 e. The number of hydrogen-bond donors (Lipinski definition) is 2. The van der Waals surface area contributed by atoms with Crippen molar-refractivity contribution in [3.63, 3.8) is 0 Å². The van der Waals surface area contributed by atoms with Crippen LogP contribution < -0.4 is 10.6 Å². The van der Waals surface area contributed by atoms with E-state index in [0.29, 0.717) is 29.7 Å². The average Bonchev–Trinajstić information content (AvgIpc) is 3.40. The van der Waals surface area contributed by atoms with Crippen LogP contribution >= 0.6 is 0 Å². The van der Waals surface area contributed by atoms with Crippen LogP contribution in [0.5, 0.6) is 0 Å². The first-order valence-electron chi connectivity index (χ1n) is 16.7. The van der Waals surface area contributed by atoms with Crippen LogP contribution in [-0.4, -0.2) is 70.0 Å². The molecule has 6 nitrogen and oxygen atoms in total. The van der Waals surface area contributed by atoms with E-state index in [0.717, 1.165) is 25.1 Å². The zero-order valence-corrected chi connectivity index (χ0v) is 28.3. The van der Waals surface area contributed by atoms with Gasteiger partial charge in [0.25, 0.3) is 0 Å². The molecule has 6 heteroatoms. The predicted octanol–water partition coefficient (Wildman–Crippen LogP) is 7.25. The van der Waals surface area contributed by atoms with Gasteiger partial charge in [-0.3, -0.25) is 0 Å². The van der Waals surface area contributed by atoms with E-state index >= 15 is 0 Å². The quantitative estimate of drug-likeness (QED) is 0.247. The van der Waals surface area contributed by atoms with Crippen molar-refractivity contribution in [3.8, 4) is 11.3 Å². The molecule has 0 radical (unpaired) electrons. The van der Waals surface area contributed by atoms with Crippen LogP contribution in [0.4, 0.5) is 0 Å². The van der Waals surface area contributed by atoms with Gasteiger partial charge in [0.2, 0.25) is 0 Å². The van der Waals surface area contributed by atoms with Crippen molar-refractivity contribution in [3.05, 3.63) is 42.4 Å². The van der Waals surface area contributed by atoms with Gasteiger partial charge in [-0.05, 0) is 97.5 Å². The molecule has 2 fully saturated rings. The molecule has 0 spiro atoms. The third-order valence-corrected chi connectivity index (χ3v) is 9.37. The number of benzene rings is 1. The highest BCUT2D eigenvalue weighted by Crippen LogP contribution is 2.31. The zero-order chi connectivity index (χ0) is 30.5. The predicted molar refractivity (Wildman–Crippen MR) is 177 cm³/mol. The maximum atomic E-state index is 6.47. The lowest BCUT2D eigenvalue weighted by Crippen LogP contribution is -2.53. The summed E-state index contributed by atoms with van der Waals surface area (Å²) in [4.78, 5) is 7.37. The number of aromatic nitrogens is 2. The number of imidazole rings is 1. The van der Waals surface area contributed by atoms with E-state index in [9.17, 15) is 0 Å². The number of nitrogens with one attached hydrogen (secondary N) is 2. The Bertz CT molecular complexity index is 1080. The van der Waals surface area contributed by atoms with Gasteiger partial charge in [-0.1, -0.05) is 45.0 Å². The molecule has 1 saturated carbocycles. The monoisotopic (exact) mass is 579 g/mol. The molecule has 1 aromatic carbocycles. The summed E-state index contributed by atoms with van der Waals surface area (Å²) in [6.45, 7) is 25.3. The summed E-state index contributed by atoms with van der Waals surface area (Å²) in [6, 6.07) is 9.76. The highest BCUT2D eigenvalue weighted by atomic mass is 16.5. The van der Waals surface area contributed by atoms with Gasteiger partial charge >= 0.3 is 0 Å². The number of hydrogen-bond acceptors (Lipinski definition) is 5. The lowest BCUT2D eigenvalue weighted by Gasteiger charge is -2.43. The molecular formula is C36H61N5O. The standard InChI is InChI=1S/C36H61N5O/c1-10-28-11-13-29(14-12-28)33-24-41(26-37-33)27(2)23-38-36(8,9)18-17-35(6,7)25-40-19-15-31(16-20-40)42-32-21-30(22-32)39-34(3,4)5/h11-14,24,26-27,30-32,38-39H,10,15-23,25H2,1-9H3/t27-,30-,32+/m0/s1. The molecule has 0 amide bonds. The van der Waals surface area contributed by atoms with E-state index in [4.69, 9.17) is 9.72 Å². The van der Waals surface area contributed by atoms with Crippen LogP contribution in [0.15, 0.2) is 36.8 Å². The minimum absolute atomic E-state index is 0.0915. The third-order valence-electron chi connectivity index (χ3n) is 9.37. The highest BCUT2D eigenvalue weighted by Gasteiger charge is 2.35. The summed E-state index contributed by atoms with van der Waals surface area (Å²) in [7, 11) is 0. The van der Waals surface area contributed by atoms with Crippen molar-refractivity contribution >= 4 is 0 Å². The van der Waals surface area contributed by atoms with Crippen LogP contribution in [0.1, 0.15) is 112 Å². The van der Waals surface area contributed by atoms with Gasteiger partial charge in [0.15, 0.2) is 0 Å². The Balaban J connectivity index is 1.14. The molecule has 2 N–H and O–H groups in total. The van der Waals surface area contributed by atoms with Crippen molar-refractivity contribution in [2.45, 2.75) is 143 Å². The first-order valence-corrected chi connectivity index (χ1v) is 16.7. The molecule has 1 aromatic heterocycles. The fourth-order valence-corrected chi connectivity index (χ4v) is 6.47. The molecule has 2 heterocycles. The molecule has 236 valence electrons. The fraction of sp³-hybridized carbons (Fsp3) is 0.750. The van der Waals surface area contributed by atoms with E-state index in [1.165, 1.54) is 62.9 Å². The molecule has 42 heavy (non-hydrogen) atoms. The molecule has 1 aliphatic heterocycles. The molecule has 1 atom stereocenters. The topological polar surface area (TPSA) is 54.4 Å². The Morgan fingerprint density at radius 3 is 2.24 bits per heavy atom. The number of nitrogens with zero attached hydrogens (tertiary/aromatic N) is 3. The van der Waals surface area contributed by atoms with Gasteiger partial charge in [0, 0.05) is 61.1 Å². The Labute approximate surface area is 257 Å². The molecular weight excluding hydrogens is 518 g/mol. The molecule has 0 unspecified atom stereocenters. The average molecular weight is 580 g/mol. The Kier molecular flexibility index (Phi) is 11.0. The normalized spacial score (nSPS) is 21.8. The second-order valence-corrected chi connectivity index (χ2v) is 15.8. The van der Waals surface area contributed by atoms with Gasteiger partial charge in [-0.15, -0.1) is 0 Å². The van der Waals surface area contributed by atoms with Crippen molar-refractivity contribution in [1.82, 2.24) is 25.1 Å². The van der Waals surface area contributed by atoms with E-state index in [-0.39, 0.29) is 11.1 Å². The summed E-state index contributed by atoms with van der Waals surface area (Å²) in [6.07, 6.45) is 13.2. The van der Waals surface area contributed by atoms with Gasteiger partial charge in [-0.2, -0.15) is 0 Å². The number of piperidine rings is 1. The molecule has 1 saturated heterocycles. The smallest absolute Gasteiger partial charge is 0.0956 e. The van der Waals surface area contributed by atoms with E-state index in [1.807, 2.05) is 6.33 Å². The number of rotatable bonds is 14. The van der Waals surface area contributed by atoms with E-state index in [2.05, 4.69) is 113 Å². The molecule has 0 bridgehead atoms. The minimum Gasteiger partial charge on any atom is -0.375 e. The highest BCUT2D eigenvalue weighted by molar-refractivity contribution is 5.58. The summed E-state index contributed by atoms with van der Waals surface area (Å²) < 4.78 is 8.72. The van der Waals surface area contributed by atoms with E-state index < -0.39 is 0 Å². The molecule has 1 aliphatic carbocycles. The Morgan fingerprint density at radius 2 is 1.62 bits per heavy atom. The summed E-state index contributed by atoms with van der Waals surface area (Å²) in [5, 5.41) is 7.58. The molecule has 2 aliphatic rings. The summed E-state index contributed by atoms with van der Waals surface area (Å²) >= 11 is 0. The maximum Gasteiger partial charge on any atom is 0.0956 e. The molecule has 4 rings (SSSR count). The Morgan fingerprint density at radius 1 is 0.952 bits per heavy atom. The number of ether oxygens (including phenoxy) is 1. The number of aryl methyl sites for hydroxylation is 1. The van der Waals surface area contributed by atoms with Gasteiger partial charge in [0.1, 0.15) is 0 Å². The van der Waals surface area contributed by atoms with Gasteiger partial charge in [-0.25, -0.2) is 4.98 Å². The molecule has 2 aromatic rings. The van der Waals surface area contributed by atoms with Crippen molar-refractivity contribution < 1.29 is 4.74 Å². The van der Waals surface area contributed by atoms with Crippen LogP contribution in [0, 0.1) is 5.41 Å². The Hall–Kier alpha value is -1.73. The van der Waals surface area contributed by atoms with Crippen molar-refractivity contribution in [1.29, 1.82) is 0 Å². The van der Waals surface area contributed by atoms with Crippen LogP contribution in [-0.2, 0) is 11.2 Å². The second-order valence-electron chi connectivity index (χ2n) is 15.8. The lowest BCUT2D eigenvalue weighted by atomic mass is 9.82. The van der Waals surface area contributed by atoms with Crippen LogP contribution in [0.25, 0.3) is 11.3 Å². The minimum atomic E-state index is 0.0915. The first kappa shape index (κ1) is 33.2. The summed E-state index contributed by atoms with van der Waals surface area (Å²) in [5.41, 5.74) is 4.18. The maximum absolute atomic E-state index is 6.47. The van der Waals surface area contributed by atoms with Crippen LogP contribution in [0.3, 0.4) is 0 Å². The third kappa shape index (κ3) is 10.2. The zero-order valence-electron chi connectivity index (χ0n) is 28.3. The van der Waals surface area contributed by atoms with Crippen molar-refractivity contribution in [2.75, 3.05) is 26.2 Å². The fourth-order valence-electron chi connectivity index (χ4n) is 6.47. The van der Waals surface area contributed by atoms with Crippen molar-refractivity contribution in [2.24, 2.45) is 5.41 Å². The van der Waals surface area contributed by atoms with Gasteiger partial charge in [0.05, 0.1) is 24.2 Å². The SMILES string of the molecule is CCc1ccc(-c2cn([C@@H](C)CNC(C)(C)CCC(C)(C)CN3CCC(O[C@H]4C[C@@H](NC(C)(C)C)C4)CC3)cn2)cc1.